The molecule has 3 rings (SSSR count). The zero-order valence-electron chi connectivity index (χ0n) is 18.4. The van der Waals surface area contributed by atoms with E-state index in [1.165, 1.54) is 36.5 Å². The summed E-state index contributed by atoms with van der Waals surface area (Å²) in [7, 11) is -2.46. The van der Waals surface area contributed by atoms with E-state index >= 15 is 0 Å². The van der Waals surface area contributed by atoms with Crippen molar-refractivity contribution < 1.29 is 27.5 Å². The van der Waals surface area contributed by atoms with E-state index in [9.17, 15) is 18.0 Å². The molecule has 2 aliphatic rings. The highest BCUT2D eigenvalue weighted by atomic mass is 32.2. The fraction of sp³-hybridized carbons (Fsp3) is 0.636. The van der Waals surface area contributed by atoms with Crippen molar-refractivity contribution in [2.45, 2.75) is 81.9 Å². The number of sulfonamides is 1. The van der Waals surface area contributed by atoms with Crippen molar-refractivity contribution in [2.75, 3.05) is 13.7 Å². The lowest BCUT2D eigenvalue weighted by Gasteiger charge is -2.32. The van der Waals surface area contributed by atoms with Gasteiger partial charge in [-0.15, -0.1) is 0 Å². The number of hydrogen-bond donors (Lipinski definition) is 1. The van der Waals surface area contributed by atoms with Crippen LogP contribution < -0.4 is 10.1 Å². The standard InChI is InChI=1S/C22H32N2O6S/c1-15-8-6-7-13-24(15)31(27,28)20-14-17(11-12-19(20)29-3)22(26)30-16(2)21(25)23-18-9-4-5-10-18/h11-12,14-16,18H,4-10,13H2,1-3H3,(H,23,25)/t15-,16+/m0/s1. The Kier molecular flexibility index (Phi) is 7.59. The third-order valence-electron chi connectivity index (χ3n) is 6.08. The summed E-state index contributed by atoms with van der Waals surface area (Å²) in [5.41, 5.74) is 0.0598. The second-order valence-corrected chi connectivity index (χ2v) is 10.2. The van der Waals surface area contributed by atoms with Crippen LogP contribution in [0.3, 0.4) is 0 Å². The maximum absolute atomic E-state index is 13.3. The van der Waals surface area contributed by atoms with Crippen LogP contribution in [0.4, 0.5) is 0 Å². The van der Waals surface area contributed by atoms with E-state index in [1.54, 1.807) is 0 Å². The van der Waals surface area contributed by atoms with Crippen LogP contribution in [-0.2, 0) is 19.6 Å². The summed E-state index contributed by atoms with van der Waals surface area (Å²) in [5.74, 6) is -0.926. The van der Waals surface area contributed by atoms with Crippen LogP contribution in [0.25, 0.3) is 0 Å². The molecule has 0 spiro atoms. The van der Waals surface area contributed by atoms with Gasteiger partial charge in [-0.2, -0.15) is 4.31 Å². The molecule has 0 radical (unpaired) electrons. The Hall–Kier alpha value is -2.13. The van der Waals surface area contributed by atoms with Gasteiger partial charge >= 0.3 is 5.97 Å². The Morgan fingerprint density at radius 1 is 1.13 bits per heavy atom. The molecule has 1 aliphatic heterocycles. The molecule has 0 aromatic heterocycles. The molecule has 2 fully saturated rings. The number of amides is 1. The van der Waals surface area contributed by atoms with E-state index in [2.05, 4.69) is 5.32 Å². The fourth-order valence-electron chi connectivity index (χ4n) is 4.23. The topological polar surface area (TPSA) is 102 Å². The van der Waals surface area contributed by atoms with Crippen LogP contribution in [0.5, 0.6) is 5.75 Å². The highest BCUT2D eigenvalue weighted by Gasteiger charge is 2.34. The smallest absolute Gasteiger partial charge is 0.338 e. The first-order valence-electron chi connectivity index (χ1n) is 10.9. The van der Waals surface area contributed by atoms with E-state index in [-0.39, 0.29) is 34.2 Å². The van der Waals surface area contributed by atoms with Crippen molar-refractivity contribution in [1.82, 2.24) is 9.62 Å². The third-order valence-corrected chi connectivity index (χ3v) is 8.12. The molecule has 9 heteroatoms. The lowest BCUT2D eigenvalue weighted by atomic mass is 10.1. The summed E-state index contributed by atoms with van der Waals surface area (Å²) in [6, 6.07) is 4.17. The highest BCUT2D eigenvalue weighted by molar-refractivity contribution is 7.89. The molecule has 2 atom stereocenters. The van der Waals surface area contributed by atoms with Gasteiger partial charge in [-0.3, -0.25) is 4.79 Å². The number of methoxy groups -OCH3 is 1. The molecular formula is C22H32N2O6S. The van der Waals surface area contributed by atoms with Crippen LogP contribution in [0.2, 0.25) is 0 Å². The van der Waals surface area contributed by atoms with Gasteiger partial charge in [0.25, 0.3) is 5.91 Å². The Labute approximate surface area is 184 Å². The molecule has 0 unspecified atom stereocenters. The number of carbonyl (C=O) groups excluding carboxylic acids is 2. The Morgan fingerprint density at radius 3 is 2.45 bits per heavy atom. The molecule has 0 bridgehead atoms. The molecule has 1 amide bonds. The molecule has 1 saturated carbocycles. The number of hydrogen-bond acceptors (Lipinski definition) is 6. The van der Waals surface area contributed by atoms with Gasteiger partial charge in [0.2, 0.25) is 10.0 Å². The van der Waals surface area contributed by atoms with Crippen molar-refractivity contribution >= 4 is 21.9 Å². The first-order chi connectivity index (χ1) is 14.7. The van der Waals surface area contributed by atoms with E-state index in [0.717, 1.165) is 44.9 Å². The third kappa shape index (κ3) is 5.38. The van der Waals surface area contributed by atoms with Gasteiger partial charge in [0.05, 0.1) is 12.7 Å². The molecule has 8 nitrogen and oxygen atoms in total. The number of nitrogens with one attached hydrogen (secondary N) is 1. The van der Waals surface area contributed by atoms with Crippen molar-refractivity contribution in [3.05, 3.63) is 23.8 Å². The van der Waals surface area contributed by atoms with Crippen LogP contribution in [-0.4, -0.2) is 56.4 Å². The molecule has 31 heavy (non-hydrogen) atoms. The van der Waals surface area contributed by atoms with Crippen LogP contribution in [0, 0.1) is 0 Å². The van der Waals surface area contributed by atoms with Gasteiger partial charge in [-0.1, -0.05) is 19.3 Å². The second-order valence-electron chi connectivity index (χ2n) is 8.36. The average Bonchev–Trinajstić information content (AvgIpc) is 3.26. The van der Waals surface area contributed by atoms with Gasteiger partial charge in [0.1, 0.15) is 10.6 Å². The predicted octanol–water partition coefficient (Wildman–Crippen LogP) is 2.86. The van der Waals surface area contributed by atoms with Gasteiger partial charge in [-0.05, 0) is 57.7 Å². The molecule has 1 heterocycles. The van der Waals surface area contributed by atoms with E-state index < -0.39 is 22.1 Å². The second kappa shape index (κ2) is 9.99. The number of rotatable bonds is 7. The molecule has 1 aromatic rings. The van der Waals surface area contributed by atoms with Crippen molar-refractivity contribution in [3.8, 4) is 5.75 Å². The van der Waals surface area contributed by atoms with Crippen molar-refractivity contribution in [1.29, 1.82) is 0 Å². The summed E-state index contributed by atoms with van der Waals surface area (Å²) in [4.78, 5) is 24.9. The number of esters is 1. The number of ether oxygens (including phenoxy) is 2. The summed E-state index contributed by atoms with van der Waals surface area (Å²) in [5, 5.41) is 2.90. The van der Waals surface area contributed by atoms with E-state index in [0.29, 0.717) is 6.54 Å². The van der Waals surface area contributed by atoms with Crippen molar-refractivity contribution in [2.24, 2.45) is 0 Å². The average molecular weight is 453 g/mol. The normalized spacial score (nSPS) is 21.5. The zero-order chi connectivity index (χ0) is 22.6. The summed E-state index contributed by atoms with van der Waals surface area (Å²) < 4.78 is 38.7. The Balaban J connectivity index is 1.77. The minimum atomic E-state index is -3.85. The van der Waals surface area contributed by atoms with Crippen molar-refractivity contribution in [3.63, 3.8) is 0 Å². The minimum absolute atomic E-state index is 0.0598. The molecular weight excluding hydrogens is 420 g/mol. The fourth-order valence-corrected chi connectivity index (χ4v) is 6.11. The first-order valence-corrected chi connectivity index (χ1v) is 12.4. The first kappa shape index (κ1) is 23.5. The van der Waals surface area contributed by atoms with Gasteiger partial charge in [0.15, 0.2) is 6.10 Å². The maximum Gasteiger partial charge on any atom is 0.338 e. The van der Waals surface area contributed by atoms with Gasteiger partial charge < -0.3 is 14.8 Å². The monoisotopic (exact) mass is 452 g/mol. The van der Waals surface area contributed by atoms with Gasteiger partial charge in [-0.25, -0.2) is 13.2 Å². The number of carbonyl (C=O) groups is 2. The number of nitrogens with zero attached hydrogens (tertiary/aromatic N) is 1. The maximum atomic E-state index is 13.3. The zero-order valence-corrected chi connectivity index (χ0v) is 19.2. The number of benzene rings is 1. The Morgan fingerprint density at radius 2 is 1.81 bits per heavy atom. The van der Waals surface area contributed by atoms with E-state index in [4.69, 9.17) is 9.47 Å². The highest BCUT2D eigenvalue weighted by Crippen LogP contribution is 2.32. The molecule has 1 aromatic carbocycles. The van der Waals surface area contributed by atoms with Gasteiger partial charge in [0, 0.05) is 18.6 Å². The lowest BCUT2D eigenvalue weighted by Crippen LogP contribution is -2.42. The predicted molar refractivity (Wildman–Crippen MR) is 115 cm³/mol. The quantitative estimate of drug-likeness (QED) is 0.639. The largest absolute Gasteiger partial charge is 0.495 e. The minimum Gasteiger partial charge on any atom is -0.495 e. The van der Waals surface area contributed by atoms with Crippen LogP contribution in [0.15, 0.2) is 23.1 Å². The SMILES string of the molecule is COc1ccc(C(=O)O[C@H](C)C(=O)NC2CCCC2)cc1S(=O)(=O)N1CCCC[C@@H]1C. The molecule has 1 saturated heterocycles. The molecule has 172 valence electrons. The van der Waals surface area contributed by atoms with Crippen LogP contribution >= 0.6 is 0 Å². The molecule has 1 N–H and O–H groups in total. The number of piperidine rings is 1. The van der Waals surface area contributed by atoms with Crippen LogP contribution in [0.1, 0.15) is 69.2 Å². The molecule has 1 aliphatic carbocycles. The Bertz CT molecular complexity index is 911. The lowest BCUT2D eigenvalue weighted by molar-refractivity contribution is -0.129. The van der Waals surface area contributed by atoms with E-state index in [1.807, 2.05) is 6.92 Å². The summed E-state index contributed by atoms with van der Waals surface area (Å²) in [6.45, 7) is 3.82. The summed E-state index contributed by atoms with van der Waals surface area (Å²) >= 11 is 0. The summed E-state index contributed by atoms with van der Waals surface area (Å²) in [6.07, 6.45) is 5.62.